The van der Waals surface area contributed by atoms with Gasteiger partial charge in [0.05, 0.1) is 4.90 Å². The molecule has 2 N–H and O–H groups in total. The van der Waals surface area contributed by atoms with E-state index in [1.54, 1.807) is 0 Å². The van der Waals surface area contributed by atoms with E-state index in [0.29, 0.717) is 0 Å². The van der Waals surface area contributed by atoms with Crippen molar-refractivity contribution < 1.29 is 17.7 Å². The summed E-state index contributed by atoms with van der Waals surface area (Å²) >= 11 is 0. The molecule has 0 amide bonds. The molecular weight excluding hydrogens is 171 g/mol. The number of benzene rings is 1. The Morgan fingerprint density at radius 2 is 1.82 bits per heavy atom. The lowest BCUT2D eigenvalue weighted by molar-refractivity contribution is 0.416. The van der Waals surface area contributed by atoms with Gasteiger partial charge in [-0.25, -0.2) is 8.60 Å². The summed E-state index contributed by atoms with van der Waals surface area (Å²) in [5.74, 6) is -0.874. The van der Waals surface area contributed by atoms with Crippen molar-refractivity contribution in [2.24, 2.45) is 0 Å². The smallest absolute Gasteiger partial charge is 0.141 e. The van der Waals surface area contributed by atoms with Gasteiger partial charge in [0.25, 0.3) is 0 Å². The van der Waals surface area contributed by atoms with Crippen LogP contribution in [0.3, 0.4) is 0 Å². The Balaban J connectivity index is 3.25. The lowest BCUT2D eigenvalue weighted by atomic mass is 10.4. The molecule has 0 heterocycles. The Morgan fingerprint density at radius 3 is 2.18 bits per heavy atom. The highest BCUT2D eigenvalue weighted by Crippen LogP contribution is 2.15. The quantitative estimate of drug-likeness (QED) is 0.565. The number of halogens is 1. The number of thiol groups is 1. The normalized spacial score (nSPS) is 13.0. The fourth-order valence-electron chi connectivity index (χ4n) is 0.688. The summed E-state index contributed by atoms with van der Waals surface area (Å²) in [4.78, 5) is -0.556. The van der Waals surface area contributed by atoms with Crippen LogP contribution in [0.2, 0.25) is 0 Å². The molecule has 1 aromatic rings. The molecule has 1 rings (SSSR count). The first-order valence-corrected chi connectivity index (χ1v) is 4.43. The minimum atomic E-state index is -4.43. The minimum Gasteiger partial charge on any atom is -0.306 e. The van der Waals surface area contributed by atoms with Crippen LogP contribution < -0.4 is 0 Å². The van der Waals surface area contributed by atoms with Crippen LogP contribution in [0.15, 0.2) is 29.2 Å². The van der Waals surface area contributed by atoms with Gasteiger partial charge in [-0.05, 0) is 12.1 Å². The zero-order valence-electron chi connectivity index (χ0n) is 5.44. The van der Waals surface area contributed by atoms with E-state index < -0.39 is 21.2 Å². The van der Waals surface area contributed by atoms with E-state index in [1.165, 1.54) is 12.1 Å². The average Bonchev–Trinajstić information content (AvgIpc) is 1.86. The third-order valence-corrected chi connectivity index (χ3v) is 2.16. The highest BCUT2D eigenvalue weighted by atomic mass is 32.3. The molecule has 1 aromatic carbocycles. The number of hydrogen-bond acceptors (Lipinski definition) is 1. The third-order valence-electron chi connectivity index (χ3n) is 1.17. The summed E-state index contributed by atoms with van der Waals surface area (Å²) < 4.78 is 40.2. The Kier molecular flexibility index (Phi) is 2.03. The first-order valence-electron chi connectivity index (χ1n) is 2.82. The summed E-state index contributed by atoms with van der Waals surface area (Å²) in [6.45, 7) is 0. The van der Waals surface area contributed by atoms with Gasteiger partial charge < -0.3 is 9.11 Å². The number of rotatable bonds is 1. The van der Waals surface area contributed by atoms with Gasteiger partial charge in [0.1, 0.15) is 16.3 Å². The topological polar surface area (TPSA) is 57.5 Å². The summed E-state index contributed by atoms with van der Waals surface area (Å²) in [7, 11) is -4.43. The molecule has 0 aliphatic carbocycles. The predicted octanol–water partition coefficient (Wildman–Crippen LogP) is 1.15. The summed E-state index contributed by atoms with van der Waals surface area (Å²) in [6.07, 6.45) is 0. The first-order chi connectivity index (χ1) is 5.02. The van der Waals surface area contributed by atoms with Crippen molar-refractivity contribution in [1.29, 1.82) is 0 Å². The number of hydrogen-bond donors (Lipinski definition) is 3. The van der Waals surface area contributed by atoms with E-state index >= 15 is 0 Å². The maximum Gasteiger partial charge on any atom is 0.141 e. The molecule has 0 aliphatic rings. The molecule has 62 valence electrons. The van der Waals surface area contributed by atoms with Crippen molar-refractivity contribution in [1.82, 2.24) is 0 Å². The average molecular weight is 178 g/mol. The zero-order chi connectivity index (χ0) is 8.48. The molecule has 0 spiro atoms. The molecule has 0 aliphatic heterocycles. The van der Waals surface area contributed by atoms with Gasteiger partial charge in [-0.1, -0.05) is 12.1 Å². The highest BCUT2D eigenvalue weighted by molar-refractivity contribution is 7.92. The molecular formula is C6H7FO3S. The molecule has 0 fully saturated rings. The molecule has 3 nitrogen and oxygen atoms in total. The van der Waals surface area contributed by atoms with Gasteiger partial charge in [0, 0.05) is 0 Å². The van der Waals surface area contributed by atoms with Crippen molar-refractivity contribution in [2.75, 3.05) is 0 Å². The van der Waals surface area contributed by atoms with Crippen molar-refractivity contribution in [3.05, 3.63) is 30.1 Å². The zero-order valence-corrected chi connectivity index (χ0v) is 6.33. The van der Waals surface area contributed by atoms with Crippen molar-refractivity contribution in [2.45, 2.75) is 4.90 Å². The Morgan fingerprint density at radius 1 is 1.27 bits per heavy atom. The maximum atomic E-state index is 12.6. The van der Waals surface area contributed by atoms with Crippen molar-refractivity contribution in [3.8, 4) is 0 Å². The van der Waals surface area contributed by atoms with Gasteiger partial charge in [0.15, 0.2) is 0 Å². The van der Waals surface area contributed by atoms with Gasteiger partial charge in [0.2, 0.25) is 0 Å². The fraction of sp³-hybridized carbons (Fsp3) is 0. The van der Waals surface area contributed by atoms with Crippen LogP contribution in [0.4, 0.5) is 4.39 Å². The van der Waals surface area contributed by atoms with Crippen LogP contribution in [0.1, 0.15) is 0 Å². The monoisotopic (exact) mass is 178 g/mol. The second-order valence-electron chi connectivity index (χ2n) is 2.00. The van der Waals surface area contributed by atoms with Crippen LogP contribution in [0.25, 0.3) is 0 Å². The molecule has 0 bridgehead atoms. The predicted molar refractivity (Wildman–Crippen MR) is 39.5 cm³/mol. The van der Waals surface area contributed by atoms with Crippen LogP contribution >= 0.6 is 0 Å². The molecule has 0 saturated carbocycles. The highest BCUT2D eigenvalue weighted by Gasteiger charge is 2.12. The van der Waals surface area contributed by atoms with Gasteiger partial charge in [-0.2, -0.15) is 0 Å². The van der Waals surface area contributed by atoms with E-state index in [0.717, 1.165) is 12.1 Å². The Bertz CT molecular complexity index is 306. The summed E-state index contributed by atoms with van der Waals surface area (Å²) in [6, 6.07) is 4.82. The van der Waals surface area contributed by atoms with E-state index in [9.17, 15) is 8.60 Å². The lowest BCUT2D eigenvalue weighted by Crippen LogP contribution is -2.10. The van der Waals surface area contributed by atoms with Gasteiger partial charge in [-0.15, -0.1) is 0 Å². The second kappa shape index (κ2) is 2.69. The van der Waals surface area contributed by atoms with E-state index in [2.05, 4.69) is 0 Å². The van der Waals surface area contributed by atoms with Crippen LogP contribution in [0, 0.1) is 5.82 Å². The molecule has 5 heteroatoms. The summed E-state index contributed by atoms with van der Waals surface area (Å²) in [5, 5.41) is 0. The molecule has 0 atom stereocenters. The lowest BCUT2D eigenvalue weighted by Gasteiger charge is -2.09. The van der Waals surface area contributed by atoms with E-state index in [-0.39, 0.29) is 0 Å². The van der Waals surface area contributed by atoms with Crippen molar-refractivity contribution >= 4 is 10.5 Å². The molecule has 0 radical (unpaired) electrons. The standard InChI is InChI=1S/C6H7FO3S/c7-5-3-1-2-4-6(5)11(8,9)10/h1-4,11H,(H2,8,9,10). The van der Waals surface area contributed by atoms with Crippen LogP contribution in [0.5, 0.6) is 0 Å². The Labute approximate surface area is 63.9 Å². The minimum absolute atomic E-state index is 0.556. The first kappa shape index (κ1) is 8.32. The fourth-order valence-corrected chi connectivity index (χ4v) is 1.32. The van der Waals surface area contributed by atoms with E-state index in [4.69, 9.17) is 9.11 Å². The van der Waals surface area contributed by atoms with Gasteiger partial charge >= 0.3 is 0 Å². The largest absolute Gasteiger partial charge is 0.306 e. The SMILES string of the molecule is O=[SH](O)(O)c1ccccc1F. The molecule has 0 unspecified atom stereocenters. The summed E-state index contributed by atoms with van der Waals surface area (Å²) in [5.41, 5.74) is 0. The maximum absolute atomic E-state index is 12.6. The second-order valence-corrected chi connectivity index (χ2v) is 3.57. The molecule has 11 heavy (non-hydrogen) atoms. The third kappa shape index (κ3) is 1.83. The Hall–Kier alpha value is -0.780. The van der Waals surface area contributed by atoms with Crippen LogP contribution in [-0.4, -0.2) is 13.3 Å². The van der Waals surface area contributed by atoms with E-state index in [1.807, 2.05) is 0 Å². The van der Waals surface area contributed by atoms with Crippen LogP contribution in [-0.2, 0) is 10.5 Å². The van der Waals surface area contributed by atoms with Crippen molar-refractivity contribution in [3.63, 3.8) is 0 Å². The molecule has 0 aromatic heterocycles. The van der Waals surface area contributed by atoms with Gasteiger partial charge in [-0.3, -0.25) is 0 Å². The molecule has 0 saturated heterocycles.